The summed E-state index contributed by atoms with van der Waals surface area (Å²) in [7, 11) is 0. The molecule has 0 aromatic heterocycles. The third-order valence-electron chi connectivity index (χ3n) is 2.49. The van der Waals surface area contributed by atoms with Crippen molar-refractivity contribution in [2.75, 3.05) is 13.2 Å². The number of rotatable bonds is 11. The summed E-state index contributed by atoms with van der Waals surface area (Å²) >= 11 is 0. The fourth-order valence-corrected chi connectivity index (χ4v) is 1.41. The van der Waals surface area contributed by atoms with Gasteiger partial charge in [-0.25, -0.2) is 0 Å². The molecule has 0 heterocycles. The highest BCUT2D eigenvalue weighted by Crippen LogP contribution is 1.98. The Labute approximate surface area is 117 Å². The lowest BCUT2D eigenvalue weighted by Gasteiger charge is -1.99. The molecule has 0 N–H and O–H groups in total. The Hall–Kier alpha value is -1.06. The van der Waals surface area contributed by atoms with Crippen LogP contribution in [0.1, 0.15) is 72.1 Å². The molecule has 0 aliphatic rings. The Morgan fingerprint density at radius 2 is 1.42 bits per heavy atom. The highest BCUT2D eigenvalue weighted by molar-refractivity contribution is 5.65. The standard InChI is InChI=1S/C8H16O2.C7H14O2/c1-3-4-5-6-7-10-8(2)9;1-2-3-4-5-6-9-7-8/h3-7H2,1-2H3;7H,2-6H2,1H3. The molecule has 0 spiro atoms. The average Bonchev–Trinajstić information content (AvgIpc) is 2.39. The van der Waals surface area contributed by atoms with E-state index < -0.39 is 0 Å². The molecular weight excluding hydrogens is 244 g/mol. The number of hydrogen-bond acceptors (Lipinski definition) is 4. The van der Waals surface area contributed by atoms with Crippen LogP contribution in [0.2, 0.25) is 0 Å². The van der Waals surface area contributed by atoms with Crippen LogP contribution in [0.3, 0.4) is 0 Å². The van der Waals surface area contributed by atoms with Gasteiger partial charge < -0.3 is 9.47 Å². The van der Waals surface area contributed by atoms with Crippen molar-refractivity contribution in [2.24, 2.45) is 0 Å². The van der Waals surface area contributed by atoms with Gasteiger partial charge >= 0.3 is 5.97 Å². The number of esters is 1. The fraction of sp³-hybridized carbons (Fsp3) is 0.867. The van der Waals surface area contributed by atoms with E-state index in [1.807, 2.05) is 0 Å². The van der Waals surface area contributed by atoms with E-state index in [1.54, 1.807) is 0 Å². The summed E-state index contributed by atoms with van der Waals surface area (Å²) < 4.78 is 9.25. The molecule has 0 saturated heterocycles. The predicted octanol–water partition coefficient (Wildman–Crippen LogP) is 3.87. The normalized spacial score (nSPS) is 9.21. The van der Waals surface area contributed by atoms with Gasteiger partial charge in [-0.1, -0.05) is 52.4 Å². The molecule has 0 amide bonds. The minimum Gasteiger partial charge on any atom is -0.468 e. The van der Waals surface area contributed by atoms with Crippen molar-refractivity contribution in [1.82, 2.24) is 0 Å². The van der Waals surface area contributed by atoms with E-state index in [1.165, 1.54) is 45.4 Å². The number of hydrogen-bond donors (Lipinski definition) is 0. The molecule has 0 bridgehead atoms. The Bertz CT molecular complexity index is 193. The van der Waals surface area contributed by atoms with Crippen LogP contribution in [0, 0.1) is 0 Å². The number of carbonyl (C=O) groups excluding carboxylic acids is 2. The van der Waals surface area contributed by atoms with E-state index in [9.17, 15) is 9.59 Å². The van der Waals surface area contributed by atoms with Crippen LogP contribution in [-0.4, -0.2) is 25.7 Å². The van der Waals surface area contributed by atoms with Crippen molar-refractivity contribution < 1.29 is 19.1 Å². The van der Waals surface area contributed by atoms with E-state index in [4.69, 9.17) is 4.74 Å². The van der Waals surface area contributed by atoms with Gasteiger partial charge in [0.05, 0.1) is 13.2 Å². The second-order valence-corrected chi connectivity index (χ2v) is 4.43. The minimum absolute atomic E-state index is 0.170. The van der Waals surface area contributed by atoms with E-state index in [0.29, 0.717) is 19.7 Å². The van der Waals surface area contributed by atoms with Crippen LogP contribution < -0.4 is 0 Å². The van der Waals surface area contributed by atoms with E-state index in [2.05, 4.69) is 18.6 Å². The van der Waals surface area contributed by atoms with Gasteiger partial charge in [0.15, 0.2) is 0 Å². The van der Waals surface area contributed by atoms with E-state index >= 15 is 0 Å². The molecule has 0 saturated carbocycles. The third-order valence-corrected chi connectivity index (χ3v) is 2.49. The zero-order valence-electron chi connectivity index (χ0n) is 12.8. The lowest BCUT2D eigenvalue weighted by Crippen LogP contribution is -1.99. The van der Waals surface area contributed by atoms with Gasteiger partial charge in [-0.05, 0) is 12.8 Å². The van der Waals surface area contributed by atoms with E-state index in [0.717, 1.165) is 12.8 Å². The molecule has 0 rings (SSSR count). The summed E-state index contributed by atoms with van der Waals surface area (Å²) in [5.41, 5.74) is 0. The first-order valence-electron chi connectivity index (χ1n) is 7.37. The molecule has 0 unspecified atom stereocenters. The van der Waals surface area contributed by atoms with Gasteiger partial charge in [0.1, 0.15) is 0 Å². The SMILES string of the molecule is CCCCCCOC(C)=O.CCCCCCOC=O. The molecule has 0 aliphatic carbocycles. The molecule has 0 atom stereocenters. The summed E-state index contributed by atoms with van der Waals surface area (Å²) in [5, 5.41) is 0. The summed E-state index contributed by atoms with van der Waals surface area (Å²) in [6, 6.07) is 0. The first kappa shape index (κ1) is 20.3. The maximum absolute atomic E-state index is 10.3. The van der Waals surface area contributed by atoms with Crippen LogP contribution >= 0.6 is 0 Å². The van der Waals surface area contributed by atoms with Crippen LogP contribution in [-0.2, 0) is 19.1 Å². The molecule has 0 aliphatic heterocycles. The van der Waals surface area contributed by atoms with E-state index in [-0.39, 0.29) is 5.97 Å². The molecule has 4 heteroatoms. The highest BCUT2D eigenvalue weighted by Gasteiger charge is 1.91. The number of carbonyl (C=O) groups is 2. The maximum Gasteiger partial charge on any atom is 0.302 e. The van der Waals surface area contributed by atoms with Gasteiger partial charge in [0.25, 0.3) is 6.47 Å². The van der Waals surface area contributed by atoms with Crippen molar-refractivity contribution in [2.45, 2.75) is 72.1 Å². The van der Waals surface area contributed by atoms with Crippen molar-refractivity contribution in [3.05, 3.63) is 0 Å². The van der Waals surface area contributed by atoms with Crippen molar-refractivity contribution in [3.8, 4) is 0 Å². The molecule has 0 aromatic rings. The zero-order chi connectivity index (χ0) is 14.8. The lowest BCUT2D eigenvalue weighted by molar-refractivity contribution is -0.141. The summed E-state index contributed by atoms with van der Waals surface area (Å²) in [6.45, 7) is 7.44. The van der Waals surface area contributed by atoms with Gasteiger partial charge in [0.2, 0.25) is 0 Å². The van der Waals surface area contributed by atoms with Crippen molar-refractivity contribution in [3.63, 3.8) is 0 Å². The molecule has 19 heavy (non-hydrogen) atoms. The van der Waals surface area contributed by atoms with Gasteiger partial charge in [-0.15, -0.1) is 0 Å². The Balaban J connectivity index is 0. The molecule has 0 aromatic carbocycles. The predicted molar refractivity (Wildman–Crippen MR) is 76.9 cm³/mol. The fourth-order valence-electron chi connectivity index (χ4n) is 1.41. The number of ether oxygens (including phenoxy) is 2. The average molecular weight is 274 g/mol. The van der Waals surface area contributed by atoms with Gasteiger partial charge in [-0.2, -0.15) is 0 Å². The lowest BCUT2D eigenvalue weighted by atomic mass is 10.2. The Morgan fingerprint density at radius 3 is 1.84 bits per heavy atom. The van der Waals surface area contributed by atoms with Gasteiger partial charge in [-0.3, -0.25) is 9.59 Å². The Kier molecular flexibility index (Phi) is 20.6. The summed E-state index contributed by atoms with van der Waals surface area (Å²) in [5.74, 6) is -0.170. The van der Waals surface area contributed by atoms with Crippen LogP contribution in [0.15, 0.2) is 0 Å². The smallest absolute Gasteiger partial charge is 0.302 e. The summed E-state index contributed by atoms with van der Waals surface area (Å²) in [6.07, 6.45) is 9.28. The van der Waals surface area contributed by atoms with Crippen LogP contribution in [0.4, 0.5) is 0 Å². The maximum atomic E-state index is 10.3. The highest BCUT2D eigenvalue weighted by atomic mass is 16.5. The molecular formula is C15H30O4. The first-order chi connectivity index (χ1) is 9.18. The third kappa shape index (κ3) is 26.5. The monoisotopic (exact) mass is 274 g/mol. The molecule has 114 valence electrons. The Morgan fingerprint density at radius 1 is 0.895 bits per heavy atom. The second-order valence-electron chi connectivity index (χ2n) is 4.43. The minimum atomic E-state index is -0.170. The van der Waals surface area contributed by atoms with Crippen molar-refractivity contribution in [1.29, 1.82) is 0 Å². The quantitative estimate of drug-likeness (QED) is 0.326. The van der Waals surface area contributed by atoms with Crippen LogP contribution in [0.5, 0.6) is 0 Å². The van der Waals surface area contributed by atoms with Gasteiger partial charge in [0, 0.05) is 6.92 Å². The second kappa shape index (κ2) is 19.3. The summed E-state index contributed by atoms with van der Waals surface area (Å²) in [4.78, 5) is 19.9. The molecule has 0 fully saturated rings. The molecule has 0 radical (unpaired) electrons. The van der Waals surface area contributed by atoms with Crippen LogP contribution in [0.25, 0.3) is 0 Å². The van der Waals surface area contributed by atoms with Crippen molar-refractivity contribution >= 4 is 12.4 Å². The topological polar surface area (TPSA) is 52.6 Å². The number of unbranched alkanes of at least 4 members (excludes halogenated alkanes) is 6. The largest absolute Gasteiger partial charge is 0.468 e. The first-order valence-corrected chi connectivity index (χ1v) is 7.37. The molecule has 4 nitrogen and oxygen atoms in total. The zero-order valence-corrected chi connectivity index (χ0v) is 12.8.